The molecule has 0 aromatic carbocycles. The van der Waals surface area contributed by atoms with Crippen molar-refractivity contribution in [2.45, 2.75) is 24.5 Å². The van der Waals surface area contributed by atoms with Crippen LogP contribution in [0.2, 0.25) is 0 Å². The van der Waals surface area contributed by atoms with Gasteiger partial charge >= 0.3 is 0 Å². The molecule has 6 nitrogen and oxygen atoms in total. The largest absolute Gasteiger partial charge is 0.354 e. The van der Waals surface area contributed by atoms with E-state index in [1.165, 1.54) is 12.8 Å². The third-order valence-corrected chi connectivity index (χ3v) is 4.59. The lowest BCUT2D eigenvalue weighted by atomic mass is 10.4. The molecule has 1 aliphatic carbocycles. The van der Waals surface area contributed by atoms with Crippen LogP contribution in [0.3, 0.4) is 0 Å². The second-order valence-electron chi connectivity index (χ2n) is 4.95. The van der Waals surface area contributed by atoms with E-state index in [-0.39, 0.29) is 0 Å². The van der Waals surface area contributed by atoms with Gasteiger partial charge in [-0.25, -0.2) is 0 Å². The van der Waals surface area contributed by atoms with Crippen molar-refractivity contribution < 1.29 is 0 Å². The molecule has 0 saturated heterocycles. The molecule has 1 fully saturated rings. The summed E-state index contributed by atoms with van der Waals surface area (Å²) < 4.78 is 0.392. The molecule has 7 heteroatoms. The molecule has 2 rings (SSSR count). The Morgan fingerprint density at radius 1 is 1.16 bits per heavy atom. The molecule has 1 aliphatic rings. The number of hydrogen-bond donors (Lipinski definition) is 2. The molecule has 0 atom stereocenters. The summed E-state index contributed by atoms with van der Waals surface area (Å²) in [5.74, 6) is 1.94. The summed E-state index contributed by atoms with van der Waals surface area (Å²) in [5.41, 5.74) is 0. The van der Waals surface area contributed by atoms with Crippen molar-refractivity contribution in [3.63, 3.8) is 0 Å². The highest BCUT2D eigenvalue weighted by atomic mass is 32.2. The highest BCUT2D eigenvalue weighted by Crippen LogP contribution is 2.46. The molecular formula is C12H22N6S. The van der Waals surface area contributed by atoms with Gasteiger partial charge in [-0.15, -0.1) is 0 Å². The standard InChI is InChI=1S/C12H22N6S/c1-5-13-9-15-10(17-11(16-9)18(2)3)14-8-12(19-4)6-7-12/h5-8H2,1-4H3,(H2,13,14,15,16,17). The van der Waals surface area contributed by atoms with Gasteiger partial charge in [0.2, 0.25) is 17.8 Å². The van der Waals surface area contributed by atoms with Crippen LogP contribution in [-0.2, 0) is 0 Å². The predicted octanol–water partition coefficient (Wildman–Crippen LogP) is 1.68. The smallest absolute Gasteiger partial charge is 0.231 e. The predicted molar refractivity (Wildman–Crippen MR) is 82.3 cm³/mol. The van der Waals surface area contributed by atoms with Crippen molar-refractivity contribution in [1.82, 2.24) is 15.0 Å². The molecule has 0 spiro atoms. The van der Waals surface area contributed by atoms with Crippen molar-refractivity contribution in [1.29, 1.82) is 0 Å². The lowest BCUT2D eigenvalue weighted by Gasteiger charge is -2.16. The number of hydrogen-bond acceptors (Lipinski definition) is 7. The second-order valence-corrected chi connectivity index (χ2v) is 6.22. The van der Waals surface area contributed by atoms with Crippen LogP contribution in [0.25, 0.3) is 0 Å². The first-order valence-electron chi connectivity index (χ1n) is 6.55. The van der Waals surface area contributed by atoms with Crippen molar-refractivity contribution in [3.8, 4) is 0 Å². The Kier molecular flexibility index (Phi) is 4.34. The minimum atomic E-state index is 0.392. The molecule has 0 bridgehead atoms. The highest BCUT2D eigenvalue weighted by Gasteiger charge is 2.41. The maximum Gasteiger partial charge on any atom is 0.231 e. The van der Waals surface area contributed by atoms with E-state index >= 15 is 0 Å². The SMILES string of the molecule is CCNc1nc(NCC2(SC)CC2)nc(N(C)C)n1. The van der Waals surface area contributed by atoms with Gasteiger partial charge in [-0.2, -0.15) is 26.7 Å². The zero-order valence-corrected chi connectivity index (χ0v) is 12.8. The van der Waals surface area contributed by atoms with Gasteiger partial charge in [-0.1, -0.05) is 0 Å². The first-order valence-corrected chi connectivity index (χ1v) is 7.77. The van der Waals surface area contributed by atoms with Crippen LogP contribution >= 0.6 is 11.8 Å². The lowest BCUT2D eigenvalue weighted by molar-refractivity contribution is 0.899. The van der Waals surface area contributed by atoms with Gasteiger partial charge in [0, 0.05) is 31.9 Å². The van der Waals surface area contributed by atoms with E-state index in [4.69, 9.17) is 0 Å². The summed E-state index contributed by atoms with van der Waals surface area (Å²) in [7, 11) is 3.86. The van der Waals surface area contributed by atoms with Gasteiger partial charge in [0.05, 0.1) is 0 Å². The Balaban J connectivity index is 2.09. The summed E-state index contributed by atoms with van der Waals surface area (Å²) in [6.45, 7) is 3.74. The van der Waals surface area contributed by atoms with E-state index in [9.17, 15) is 0 Å². The van der Waals surface area contributed by atoms with Crippen LogP contribution in [-0.4, -0.2) is 53.1 Å². The van der Waals surface area contributed by atoms with Gasteiger partial charge in [-0.3, -0.25) is 0 Å². The van der Waals surface area contributed by atoms with E-state index in [2.05, 4.69) is 31.8 Å². The zero-order valence-electron chi connectivity index (χ0n) is 12.0. The van der Waals surface area contributed by atoms with Gasteiger partial charge in [0.1, 0.15) is 0 Å². The van der Waals surface area contributed by atoms with E-state index in [0.29, 0.717) is 22.6 Å². The van der Waals surface area contributed by atoms with Crippen LogP contribution in [0.5, 0.6) is 0 Å². The molecule has 0 radical (unpaired) electrons. The summed E-state index contributed by atoms with van der Waals surface area (Å²) in [4.78, 5) is 15.0. The van der Waals surface area contributed by atoms with Crippen LogP contribution < -0.4 is 15.5 Å². The molecule has 1 heterocycles. The fourth-order valence-electron chi connectivity index (χ4n) is 1.71. The molecular weight excluding hydrogens is 260 g/mol. The number of rotatable bonds is 7. The molecule has 0 amide bonds. The Morgan fingerprint density at radius 3 is 2.26 bits per heavy atom. The van der Waals surface area contributed by atoms with Crippen LogP contribution in [0.15, 0.2) is 0 Å². The Bertz CT molecular complexity index is 432. The van der Waals surface area contributed by atoms with Crippen molar-refractivity contribution in [3.05, 3.63) is 0 Å². The first kappa shape index (κ1) is 14.2. The third kappa shape index (κ3) is 3.62. The minimum Gasteiger partial charge on any atom is -0.354 e. The molecule has 1 saturated carbocycles. The van der Waals surface area contributed by atoms with Crippen molar-refractivity contribution in [2.75, 3.05) is 49.0 Å². The molecule has 1 aromatic heterocycles. The van der Waals surface area contributed by atoms with Gasteiger partial charge in [0.15, 0.2) is 0 Å². The van der Waals surface area contributed by atoms with Gasteiger partial charge in [0.25, 0.3) is 0 Å². The first-order chi connectivity index (χ1) is 9.08. The summed E-state index contributed by atoms with van der Waals surface area (Å²) >= 11 is 1.92. The zero-order chi connectivity index (χ0) is 13.9. The average molecular weight is 282 g/mol. The number of anilines is 3. The molecule has 2 N–H and O–H groups in total. The average Bonchev–Trinajstić information content (AvgIpc) is 3.17. The molecule has 0 aliphatic heterocycles. The van der Waals surface area contributed by atoms with Crippen LogP contribution in [0.1, 0.15) is 19.8 Å². The summed E-state index contributed by atoms with van der Waals surface area (Å²) in [6, 6.07) is 0. The lowest BCUT2D eigenvalue weighted by Crippen LogP contribution is -2.21. The molecule has 19 heavy (non-hydrogen) atoms. The summed E-state index contributed by atoms with van der Waals surface area (Å²) in [5, 5.41) is 6.48. The maximum absolute atomic E-state index is 4.42. The quantitative estimate of drug-likeness (QED) is 0.788. The molecule has 1 aromatic rings. The molecule has 0 unspecified atom stereocenters. The van der Waals surface area contributed by atoms with E-state index in [0.717, 1.165) is 13.1 Å². The maximum atomic E-state index is 4.42. The van der Waals surface area contributed by atoms with E-state index in [1.807, 2.05) is 37.7 Å². The fourth-order valence-corrected chi connectivity index (χ4v) is 2.44. The third-order valence-electron chi connectivity index (χ3n) is 3.17. The minimum absolute atomic E-state index is 0.392. The number of aromatic nitrogens is 3. The van der Waals surface area contributed by atoms with Gasteiger partial charge in [-0.05, 0) is 26.0 Å². The Hall–Kier alpha value is -1.24. The Morgan fingerprint density at radius 2 is 1.79 bits per heavy atom. The highest BCUT2D eigenvalue weighted by molar-refractivity contribution is 8.00. The molecule has 106 valence electrons. The topological polar surface area (TPSA) is 66.0 Å². The second kappa shape index (κ2) is 5.81. The van der Waals surface area contributed by atoms with Crippen molar-refractivity contribution >= 4 is 29.6 Å². The monoisotopic (exact) mass is 282 g/mol. The fraction of sp³-hybridized carbons (Fsp3) is 0.750. The Labute approximate surface area is 118 Å². The van der Waals surface area contributed by atoms with E-state index < -0.39 is 0 Å². The van der Waals surface area contributed by atoms with Crippen LogP contribution in [0.4, 0.5) is 17.8 Å². The van der Waals surface area contributed by atoms with E-state index in [1.54, 1.807) is 0 Å². The summed E-state index contributed by atoms with van der Waals surface area (Å²) in [6.07, 6.45) is 4.71. The number of nitrogens with zero attached hydrogens (tertiary/aromatic N) is 4. The van der Waals surface area contributed by atoms with Crippen LogP contribution in [0, 0.1) is 0 Å². The van der Waals surface area contributed by atoms with Crippen molar-refractivity contribution in [2.24, 2.45) is 0 Å². The number of nitrogens with one attached hydrogen (secondary N) is 2. The number of thioether (sulfide) groups is 1. The van der Waals surface area contributed by atoms with Gasteiger partial charge < -0.3 is 15.5 Å². The normalized spacial score (nSPS) is 16.0.